The van der Waals surface area contributed by atoms with Gasteiger partial charge in [0.05, 0.1) is 11.0 Å². The molecule has 0 radical (unpaired) electrons. The molecule has 2 saturated heterocycles. The van der Waals surface area contributed by atoms with Crippen LogP contribution in [0.5, 0.6) is 0 Å². The number of halogens is 3. The number of nitrogens with one attached hydrogen (secondary N) is 1. The number of ether oxygens (including phenoxy) is 1. The monoisotopic (exact) mass is 471 g/mol. The maximum absolute atomic E-state index is 12.8. The molecule has 2 atom stereocenters. The molecule has 2 fully saturated rings. The Morgan fingerprint density at radius 1 is 1.31 bits per heavy atom. The minimum atomic E-state index is -5.08. The van der Waals surface area contributed by atoms with Crippen molar-refractivity contribution >= 4 is 29.0 Å². The molecule has 4 heterocycles. The first kappa shape index (κ1) is 24.0. The third-order valence-electron chi connectivity index (χ3n) is 5.62. The smallest absolute Gasteiger partial charge is 0.475 e. The Hall–Kier alpha value is -2.66. The number of pyridine rings is 1. The van der Waals surface area contributed by atoms with Crippen molar-refractivity contribution in [2.75, 3.05) is 31.6 Å². The second-order valence-electron chi connectivity index (χ2n) is 7.66. The van der Waals surface area contributed by atoms with Crippen LogP contribution in [0, 0.1) is 5.41 Å². The van der Waals surface area contributed by atoms with Crippen molar-refractivity contribution < 1.29 is 32.6 Å². The zero-order valence-corrected chi connectivity index (χ0v) is 18.0. The fourth-order valence-corrected chi connectivity index (χ4v) is 4.74. The number of alkyl halides is 3. The third kappa shape index (κ3) is 5.98. The summed E-state index contributed by atoms with van der Waals surface area (Å²) in [5, 5.41) is 12.5. The number of amides is 1. The maximum atomic E-state index is 12.8. The van der Waals surface area contributed by atoms with Gasteiger partial charge in [0.15, 0.2) is 0 Å². The van der Waals surface area contributed by atoms with Crippen LogP contribution in [0.15, 0.2) is 41.9 Å². The molecule has 0 spiro atoms. The zero-order valence-electron chi connectivity index (χ0n) is 17.2. The summed E-state index contributed by atoms with van der Waals surface area (Å²) in [6, 6.07) is 9.74. The molecule has 1 amide bonds. The Morgan fingerprint density at radius 3 is 2.72 bits per heavy atom. The number of carboxylic acid groups (broad SMARTS) is 1. The molecule has 2 aliphatic rings. The van der Waals surface area contributed by atoms with Gasteiger partial charge in [-0.2, -0.15) is 13.2 Å². The number of nitrogens with zero attached hydrogens (tertiary/aromatic N) is 2. The van der Waals surface area contributed by atoms with Gasteiger partial charge in [-0.05, 0) is 42.8 Å². The van der Waals surface area contributed by atoms with Crippen LogP contribution in [0.2, 0.25) is 0 Å². The number of carbonyl (C=O) groups is 2. The van der Waals surface area contributed by atoms with Crippen LogP contribution >= 0.6 is 11.3 Å². The summed E-state index contributed by atoms with van der Waals surface area (Å²) in [5.74, 6) is -1.69. The lowest BCUT2D eigenvalue weighted by molar-refractivity contribution is -0.192. The maximum Gasteiger partial charge on any atom is 0.490 e. The number of aliphatic carboxylic acids is 1. The highest BCUT2D eigenvalue weighted by atomic mass is 32.1. The highest BCUT2D eigenvalue weighted by Crippen LogP contribution is 2.44. The van der Waals surface area contributed by atoms with E-state index >= 15 is 0 Å². The van der Waals surface area contributed by atoms with E-state index in [1.54, 1.807) is 6.20 Å². The molecule has 2 aromatic heterocycles. The Bertz CT molecular complexity index is 895. The van der Waals surface area contributed by atoms with Gasteiger partial charge in [0.2, 0.25) is 0 Å². The van der Waals surface area contributed by atoms with Gasteiger partial charge in [0, 0.05) is 37.9 Å². The molecule has 32 heavy (non-hydrogen) atoms. The van der Waals surface area contributed by atoms with Crippen LogP contribution in [0.25, 0.3) is 0 Å². The molecule has 2 N–H and O–H groups in total. The second kappa shape index (κ2) is 10.3. The van der Waals surface area contributed by atoms with Crippen molar-refractivity contribution in [2.45, 2.75) is 31.5 Å². The standard InChI is InChI=1S/C19H23N3O2S.C2HF3O2/c23-18(15-4-3-13-25-15)22-11-6-16-19(14-22,8-12-24-16)7-10-21-17-5-1-2-9-20-17;3-2(4,5)1(6)7/h1-5,9,13,16H,6-8,10-12,14H2,(H,20,21);(H,6,7)/t16-,19+;/m1./s1. The predicted molar refractivity (Wildman–Crippen MR) is 113 cm³/mol. The van der Waals surface area contributed by atoms with E-state index in [0.29, 0.717) is 0 Å². The van der Waals surface area contributed by atoms with Crippen molar-refractivity contribution in [1.29, 1.82) is 0 Å². The molecule has 0 unspecified atom stereocenters. The topological polar surface area (TPSA) is 91.8 Å². The average Bonchev–Trinajstić information content (AvgIpc) is 3.43. The summed E-state index contributed by atoms with van der Waals surface area (Å²) in [6.07, 6.45) is -0.0753. The summed E-state index contributed by atoms with van der Waals surface area (Å²) in [5.41, 5.74) is 0.0625. The van der Waals surface area contributed by atoms with Crippen molar-refractivity contribution in [3.63, 3.8) is 0 Å². The normalized spacial score (nSPS) is 22.5. The highest BCUT2D eigenvalue weighted by molar-refractivity contribution is 7.12. The van der Waals surface area contributed by atoms with Gasteiger partial charge in [-0.3, -0.25) is 4.79 Å². The molecule has 0 saturated carbocycles. The summed E-state index contributed by atoms with van der Waals surface area (Å²) in [7, 11) is 0. The van der Waals surface area contributed by atoms with E-state index in [-0.39, 0.29) is 17.4 Å². The number of fused-ring (bicyclic) bond motifs is 1. The molecule has 4 rings (SSSR count). The molecule has 11 heteroatoms. The van der Waals surface area contributed by atoms with Gasteiger partial charge in [0.25, 0.3) is 5.91 Å². The number of piperidine rings is 1. The first-order valence-corrected chi connectivity index (χ1v) is 11.0. The molecular weight excluding hydrogens is 447 g/mol. The van der Waals surface area contributed by atoms with E-state index in [1.807, 2.05) is 40.6 Å². The highest BCUT2D eigenvalue weighted by Gasteiger charge is 2.48. The van der Waals surface area contributed by atoms with Gasteiger partial charge in [-0.15, -0.1) is 11.3 Å². The molecular formula is C21H24F3N3O4S. The van der Waals surface area contributed by atoms with E-state index in [9.17, 15) is 18.0 Å². The zero-order chi connectivity index (χ0) is 23.2. The summed E-state index contributed by atoms with van der Waals surface area (Å²) < 4.78 is 37.7. The second-order valence-corrected chi connectivity index (χ2v) is 8.61. The third-order valence-corrected chi connectivity index (χ3v) is 6.48. The molecule has 0 aromatic carbocycles. The van der Waals surface area contributed by atoms with Crippen LogP contribution in [-0.4, -0.2) is 65.4 Å². The Balaban J connectivity index is 0.000000360. The minimum absolute atomic E-state index is 0.0625. The predicted octanol–water partition coefficient (Wildman–Crippen LogP) is 3.90. The Kier molecular flexibility index (Phi) is 7.73. The van der Waals surface area contributed by atoms with Crippen molar-refractivity contribution in [1.82, 2.24) is 9.88 Å². The van der Waals surface area contributed by atoms with Crippen molar-refractivity contribution in [2.24, 2.45) is 5.41 Å². The van der Waals surface area contributed by atoms with Gasteiger partial charge in [-0.1, -0.05) is 12.1 Å². The molecule has 7 nitrogen and oxygen atoms in total. The first-order valence-electron chi connectivity index (χ1n) is 10.1. The van der Waals surface area contributed by atoms with Crippen LogP contribution in [0.4, 0.5) is 19.0 Å². The lowest BCUT2D eigenvalue weighted by atomic mass is 9.74. The fraction of sp³-hybridized carbons (Fsp3) is 0.476. The number of hydrogen-bond acceptors (Lipinski definition) is 6. The van der Waals surface area contributed by atoms with Gasteiger partial charge >= 0.3 is 12.1 Å². The van der Waals surface area contributed by atoms with Crippen molar-refractivity contribution in [3.8, 4) is 0 Å². The molecule has 0 bridgehead atoms. The molecule has 174 valence electrons. The van der Waals surface area contributed by atoms with Crippen LogP contribution in [0.3, 0.4) is 0 Å². The quantitative estimate of drug-likeness (QED) is 0.687. The molecule has 0 aliphatic carbocycles. The Labute approximate surface area is 187 Å². The first-order chi connectivity index (χ1) is 15.2. The molecule has 2 aromatic rings. The molecule has 2 aliphatic heterocycles. The van der Waals surface area contributed by atoms with E-state index in [4.69, 9.17) is 14.6 Å². The van der Waals surface area contributed by atoms with Gasteiger partial charge < -0.3 is 20.1 Å². The van der Waals surface area contributed by atoms with Gasteiger partial charge in [0.1, 0.15) is 5.82 Å². The number of carbonyl (C=O) groups excluding carboxylic acids is 1. The van der Waals surface area contributed by atoms with E-state index in [1.165, 1.54) is 11.3 Å². The lowest BCUT2D eigenvalue weighted by Crippen LogP contribution is -2.52. The SMILES string of the molecule is O=C(O)C(F)(F)F.O=C(c1cccs1)N1CC[C@H]2OCC[C@@]2(CCNc2ccccn2)C1. The number of hydrogen-bond donors (Lipinski definition) is 2. The summed E-state index contributed by atoms with van der Waals surface area (Å²) >= 11 is 1.52. The number of rotatable bonds is 5. The Morgan fingerprint density at radius 2 is 2.09 bits per heavy atom. The van der Waals surface area contributed by atoms with E-state index < -0.39 is 12.1 Å². The van der Waals surface area contributed by atoms with E-state index in [0.717, 1.165) is 56.2 Å². The van der Waals surface area contributed by atoms with Crippen LogP contribution in [0.1, 0.15) is 28.9 Å². The van der Waals surface area contributed by atoms with Gasteiger partial charge in [-0.25, -0.2) is 9.78 Å². The fourth-order valence-electron chi connectivity index (χ4n) is 4.05. The van der Waals surface area contributed by atoms with E-state index in [2.05, 4.69) is 10.3 Å². The van der Waals surface area contributed by atoms with Crippen LogP contribution in [-0.2, 0) is 9.53 Å². The number of aromatic nitrogens is 1. The number of likely N-dealkylation sites (tertiary alicyclic amines) is 1. The minimum Gasteiger partial charge on any atom is -0.475 e. The number of carboxylic acids is 1. The van der Waals surface area contributed by atoms with Crippen molar-refractivity contribution in [3.05, 3.63) is 46.8 Å². The summed E-state index contributed by atoms with van der Waals surface area (Å²) in [4.78, 5) is 28.8. The average molecular weight is 472 g/mol. The van der Waals surface area contributed by atoms with Crippen LogP contribution < -0.4 is 5.32 Å². The number of thiophene rings is 1. The summed E-state index contributed by atoms with van der Waals surface area (Å²) in [6.45, 7) is 3.22. The number of anilines is 1. The largest absolute Gasteiger partial charge is 0.490 e. The lowest BCUT2D eigenvalue weighted by Gasteiger charge is -2.43.